The van der Waals surface area contributed by atoms with Crippen LogP contribution >= 0.6 is 0 Å². The van der Waals surface area contributed by atoms with Crippen LogP contribution in [0.2, 0.25) is 0 Å². The van der Waals surface area contributed by atoms with Gasteiger partial charge in [0.25, 0.3) is 0 Å². The summed E-state index contributed by atoms with van der Waals surface area (Å²) in [6.45, 7) is 1.93. The Morgan fingerprint density at radius 2 is 2.21 bits per heavy atom. The predicted octanol–water partition coefficient (Wildman–Crippen LogP) is 0.956. The average Bonchev–Trinajstić information content (AvgIpc) is 2.45. The number of hydrogen-bond donors (Lipinski definition) is 2. The molecule has 3 N–H and O–H groups in total. The fourth-order valence-corrected chi connectivity index (χ4v) is 1.74. The normalized spacial score (nSPS) is 19.1. The minimum Gasteiger partial charge on any atom is -0.495 e. The molecule has 14 heavy (non-hydrogen) atoms. The third kappa shape index (κ3) is 1.08. The Kier molecular flexibility index (Phi) is 1.93. The number of ether oxygens (including phenoxy) is 1. The van der Waals surface area contributed by atoms with Gasteiger partial charge in [0.2, 0.25) is 5.91 Å². The Labute approximate surface area is 82.1 Å². The summed E-state index contributed by atoms with van der Waals surface area (Å²) in [5, 5.41) is 2.72. The van der Waals surface area contributed by atoms with Crippen LogP contribution in [-0.4, -0.2) is 13.0 Å². The second-order valence-electron chi connectivity index (χ2n) is 3.34. The monoisotopic (exact) mass is 192 g/mol. The van der Waals surface area contributed by atoms with Crippen molar-refractivity contribution in [2.45, 2.75) is 13.0 Å². The number of carbonyl (C=O) groups excluding carboxylic acids is 1. The molecule has 1 amide bonds. The maximum absolute atomic E-state index is 11.4. The van der Waals surface area contributed by atoms with Crippen molar-refractivity contribution >= 4 is 11.6 Å². The van der Waals surface area contributed by atoms with Gasteiger partial charge in [-0.05, 0) is 18.6 Å². The lowest BCUT2D eigenvalue weighted by Gasteiger charge is -2.09. The van der Waals surface area contributed by atoms with Crippen molar-refractivity contribution in [3.63, 3.8) is 0 Å². The van der Waals surface area contributed by atoms with Crippen LogP contribution in [0, 0.1) is 6.92 Å². The van der Waals surface area contributed by atoms with Gasteiger partial charge >= 0.3 is 0 Å². The molecule has 1 atom stereocenters. The van der Waals surface area contributed by atoms with Crippen LogP contribution in [0.5, 0.6) is 5.75 Å². The number of anilines is 1. The van der Waals surface area contributed by atoms with Gasteiger partial charge in [-0.2, -0.15) is 0 Å². The quantitative estimate of drug-likeness (QED) is 0.696. The van der Waals surface area contributed by atoms with E-state index in [9.17, 15) is 4.79 Å². The van der Waals surface area contributed by atoms with Crippen molar-refractivity contribution in [3.8, 4) is 5.75 Å². The summed E-state index contributed by atoms with van der Waals surface area (Å²) < 4.78 is 5.14. The van der Waals surface area contributed by atoms with Gasteiger partial charge in [0.15, 0.2) is 0 Å². The predicted molar refractivity (Wildman–Crippen MR) is 53.3 cm³/mol. The molecule has 1 aromatic carbocycles. The number of nitrogens with one attached hydrogen (secondary N) is 1. The Morgan fingerprint density at radius 1 is 1.50 bits per heavy atom. The van der Waals surface area contributed by atoms with E-state index in [1.165, 1.54) is 0 Å². The van der Waals surface area contributed by atoms with Crippen molar-refractivity contribution in [1.29, 1.82) is 0 Å². The molecule has 2 rings (SSSR count). The summed E-state index contributed by atoms with van der Waals surface area (Å²) in [5.74, 6) is 0.486. The van der Waals surface area contributed by atoms with E-state index in [4.69, 9.17) is 10.5 Å². The van der Waals surface area contributed by atoms with Crippen LogP contribution < -0.4 is 15.8 Å². The van der Waals surface area contributed by atoms with E-state index in [0.717, 1.165) is 11.1 Å². The average molecular weight is 192 g/mol. The number of amides is 1. The van der Waals surface area contributed by atoms with E-state index < -0.39 is 6.04 Å². The molecule has 1 aliphatic rings. The number of rotatable bonds is 1. The molecular formula is C10H12N2O2. The highest BCUT2D eigenvalue weighted by molar-refractivity contribution is 6.04. The molecule has 1 aromatic rings. The Morgan fingerprint density at radius 3 is 2.86 bits per heavy atom. The van der Waals surface area contributed by atoms with Crippen LogP contribution in [0.3, 0.4) is 0 Å². The van der Waals surface area contributed by atoms with Crippen LogP contribution in [0.15, 0.2) is 12.1 Å². The molecule has 0 bridgehead atoms. The van der Waals surface area contributed by atoms with Gasteiger partial charge in [-0.1, -0.05) is 6.07 Å². The van der Waals surface area contributed by atoms with E-state index in [2.05, 4.69) is 5.32 Å². The maximum atomic E-state index is 11.4. The molecule has 0 spiro atoms. The lowest BCUT2D eigenvalue weighted by molar-refractivity contribution is -0.116. The zero-order valence-corrected chi connectivity index (χ0v) is 8.13. The van der Waals surface area contributed by atoms with Crippen molar-refractivity contribution in [2.75, 3.05) is 12.4 Å². The van der Waals surface area contributed by atoms with Gasteiger partial charge in [0.05, 0.1) is 12.8 Å². The molecule has 74 valence electrons. The molecule has 0 radical (unpaired) electrons. The molecule has 1 aliphatic heterocycles. The minimum atomic E-state index is -0.569. The van der Waals surface area contributed by atoms with Gasteiger partial charge in [-0.25, -0.2) is 0 Å². The zero-order valence-electron chi connectivity index (χ0n) is 8.13. The fraction of sp³-hybridized carbons (Fsp3) is 0.300. The van der Waals surface area contributed by atoms with Crippen LogP contribution in [0.25, 0.3) is 0 Å². The second kappa shape index (κ2) is 2.99. The summed E-state index contributed by atoms with van der Waals surface area (Å²) in [6, 6.07) is 3.16. The Balaban J connectivity index is 2.64. The molecule has 1 unspecified atom stereocenters. The number of methoxy groups -OCH3 is 1. The maximum Gasteiger partial charge on any atom is 0.246 e. The Bertz CT molecular complexity index is 401. The summed E-state index contributed by atoms with van der Waals surface area (Å²) in [4.78, 5) is 11.4. The number of aryl methyl sites for hydroxylation is 1. The van der Waals surface area contributed by atoms with Gasteiger partial charge in [0, 0.05) is 5.56 Å². The van der Waals surface area contributed by atoms with Crippen LogP contribution in [0.1, 0.15) is 17.2 Å². The highest BCUT2D eigenvalue weighted by atomic mass is 16.5. The standard InChI is InChI=1S/C10H12N2O2/c1-5-3-4-6(14-2)9-7(5)8(11)10(13)12-9/h3-4,8H,11H2,1-2H3,(H,12,13). The molecule has 0 saturated carbocycles. The van der Waals surface area contributed by atoms with Crippen LogP contribution in [-0.2, 0) is 4.79 Å². The highest BCUT2D eigenvalue weighted by Crippen LogP contribution is 2.39. The number of benzene rings is 1. The lowest BCUT2D eigenvalue weighted by Crippen LogP contribution is -2.20. The molecule has 0 fully saturated rings. The minimum absolute atomic E-state index is 0.174. The van der Waals surface area contributed by atoms with Crippen molar-refractivity contribution in [1.82, 2.24) is 0 Å². The Hall–Kier alpha value is -1.55. The van der Waals surface area contributed by atoms with Crippen molar-refractivity contribution < 1.29 is 9.53 Å². The third-order valence-electron chi connectivity index (χ3n) is 2.49. The smallest absolute Gasteiger partial charge is 0.246 e. The van der Waals surface area contributed by atoms with E-state index >= 15 is 0 Å². The largest absolute Gasteiger partial charge is 0.495 e. The molecular weight excluding hydrogens is 180 g/mol. The highest BCUT2D eigenvalue weighted by Gasteiger charge is 2.31. The summed E-state index contributed by atoms with van der Waals surface area (Å²) in [6.07, 6.45) is 0. The van der Waals surface area contributed by atoms with Gasteiger partial charge in [-0.15, -0.1) is 0 Å². The summed E-state index contributed by atoms with van der Waals surface area (Å²) in [5.41, 5.74) is 8.31. The topological polar surface area (TPSA) is 64.3 Å². The van der Waals surface area contributed by atoms with E-state index in [-0.39, 0.29) is 5.91 Å². The number of fused-ring (bicyclic) bond motifs is 1. The summed E-state index contributed by atoms with van der Waals surface area (Å²) in [7, 11) is 1.57. The molecule has 4 nitrogen and oxygen atoms in total. The third-order valence-corrected chi connectivity index (χ3v) is 2.49. The first-order chi connectivity index (χ1) is 6.65. The van der Waals surface area contributed by atoms with E-state index in [1.807, 2.05) is 19.1 Å². The van der Waals surface area contributed by atoms with Gasteiger partial charge < -0.3 is 15.8 Å². The molecule has 1 heterocycles. The number of nitrogens with two attached hydrogens (primary N) is 1. The molecule has 0 aromatic heterocycles. The molecule has 0 aliphatic carbocycles. The van der Waals surface area contributed by atoms with Gasteiger partial charge in [0.1, 0.15) is 11.8 Å². The molecule has 0 saturated heterocycles. The number of hydrogen-bond acceptors (Lipinski definition) is 3. The van der Waals surface area contributed by atoms with Crippen molar-refractivity contribution in [2.24, 2.45) is 5.73 Å². The summed E-state index contributed by atoms with van der Waals surface area (Å²) >= 11 is 0. The fourth-order valence-electron chi connectivity index (χ4n) is 1.74. The SMILES string of the molecule is COc1ccc(C)c2c1NC(=O)C2N. The van der Waals surface area contributed by atoms with E-state index in [1.54, 1.807) is 7.11 Å². The second-order valence-corrected chi connectivity index (χ2v) is 3.34. The zero-order chi connectivity index (χ0) is 10.3. The van der Waals surface area contributed by atoms with E-state index in [0.29, 0.717) is 11.4 Å². The number of carbonyl (C=O) groups is 1. The first-order valence-corrected chi connectivity index (χ1v) is 4.39. The lowest BCUT2D eigenvalue weighted by atomic mass is 10.0. The first kappa shape index (κ1) is 9.02. The molecule has 4 heteroatoms. The first-order valence-electron chi connectivity index (χ1n) is 4.39. The van der Waals surface area contributed by atoms with Crippen LogP contribution in [0.4, 0.5) is 5.69 Å². The van der Waals surface area contributed by atoms with Crippen molar-refractivity contribution in [3.05, 3.63) is 23.3 Å². The van der Waals surface area contributed by atoms with Gasteiger partial charge in [-0.3, -0.25) is 4.79 Å².